The van der Waals surface area contributed by atoms with Gasteiger partial charge in [-0.25, -0.2) is 9.59 Å². The highest BCUT2D eigenvalue weighted by molar-refractivity contribution is 6.07. The number of ether oxygens (including phenoxy) is 2. The smallest absolute Gasteiger partial charge is 0.341 e. The molecule has 144 valence electrons. The highest BCUT2D eigenvalue weighted by atomic mass is 16.6. The van der Waals surface area contributed by atoms with Gasteiger partial charge in [-0.1, -0.05) is 12.1 Å². The quantitative estimate of drug-likeness (QED) is 0.613. The third-order valence-electron chi connectivity index (χ3n) is 4.08. The van der Waals surface area contributed by atoms with Crippen LogP contribution in [0.3, 0.4) is 0 Å². The zero-order valence-corrected chi connectivity index (χ0v) is 16.1. The van der Waals surface area contributed by atoms with Gasteiger partial charge in [0.2, 0.25) is 0 Å². The molecule has 1 aromatic heterocycles. The van der Waals surface area contributed by atoms with Gasteiger partial charge in [0.15, 0.2) is 0 Å². The number of aromatic nitrogens is 1. The number of carbonyl (C=O) groups excluding carboxylic acids is 2. The molecule has 7 heteroatoms. The van der Waals surface area contributed by atoms with E-state index >= 15 is 0 Å². The predicted octanol–water partition coefficient (Wildman–Crippen LogP) is 2.66. The average Bonchev–Trinajstić information content (AvgIpc) is 2.59. The molecule has 0 atom stereocenters. The molecule has 3 N–H and O–H groups in total. The first-order valence-corrected chi connectivity index (χ1v) is 8.41. The molecule has 2 rings (SSSR count). The number of aliphatic hydroxyl groups excluding tert-OH is 1. The third kappa shape index (κ3) is 4.25. The number of nitrogens with zero attached hydrogens (tertiary/aromatic N) is 1. The minimum atomic E-state index is -1.09. The first-order valence-electron chi connectivity index (χ1n) is 8.41. The van der Waals surface area contributed by atoms with Crippen molar-refractivity contribution in [2.75, 3.05) is 19.5 Å². The molecule has 2 aromatic rings. The first kappa shape index (κ1) is 20.4. The fraction of sp³-hybridized carbons (Fsp3) is 0.350. The Kier molecular flexibility index (Phi) is 5.85. The Morgan fingerprint density at radius 3 is 2.26 bits per heavy atom. The lowest BCUT2D eigenvalue weighted by Crippen LogP contribution is -2.33. The predicted molar refractivity (Wildman–Crippen MR) is 101 cm³/mol. The van der Waals surface area contributed by atoms with Crippen LogP contribution in [0.5, 0.6) is 0 Å². The number of benzene rings is 1. The zero-order chi connectivity index (χ0) is 20.4. The second-order valence-corrected chi connectivity index (χ2v) is 6.83. The van der Waals surface area contributed by atoms with Gasteiger partial charge in [0, 0.05) is 11.3 Å². The standard InChI is InChI=1S/C20H24N2O5/c1-11-15(18(24)26-5)17(13-7-6-8-14(21)9-13)16(12(2)22-11)19(25)27-20(3,4)10-23/h6-9,23H,10,21H2,1-5H3. The molecule has 0 saturated heterocycles. The van der Waals surface area contributed by atoms with Gasteiger partial charge in [-0.2, -0.15) is 0 Å². The molecule has 0 saturated carbocycles. The number of anilines is 1. The molecule has 27 heavy (non-hydrogen) atoms. The number of pyridine rings is 1. The van der Waals surface area contributed by atoms with Gasteiger partial charge in [-0.05, 0) is 45.4 Å². The number of esters is 2. The fourth-order valence-corrected chi connectivity index (χ4v) is 2.77. The normalized spacial score (nSPS) is 11.2. The summed E-state index contributed by atoms with van der Waals surface area (Å²) in [7, 11) is 1.26. The lowest BCUT2D eigenvalue weighted by molar-refractivity contribution is -0.0265. The van der Waals surface area contributed by atoms with Crippen molar-refractivity contribution in [1.29, 1.82) is 0 Å². The minimum absolute atomic E-state index is 0.133. The van der Waals surface area contributed by atoms with Gasteiger partial charge < -0.3 is 20.3 Å². The Morgan fingerprint density at radius 2 is 1.74 bits per heavy atom. The van der Waals surface area contributed by atoms with Crippen molar-refractivity contribution in [3.05, 3.63) is 46.8 Å². The zero-order valence-electron chi connectivity index (χ0n) is 16.1. The van der Waals surface area contributed by atoms with E-state index in [9.17, 15) is 14.7 Å². The average molecular weight is 372 g/mol. The highest BCUT2D eigenvalue weighted by Crippen LogP contribution is 2.34. The van der Waals surface area contributed by atoms with Crippen LogP contribution in [0.15, 0.2) is 24.3 Å². The summed E-state index contributed by atoms with van der Waals surface area (Å²) in [6.07, 6.45) is 0. The number of aryl methyl sites for hydroxylation is 2. The van der Waals surface area contributed by atoms with Gasteiger partial charge in [-0.15, -0.1) is 0 Å². The molecule has 7 nitrogen and oxygen atoms in total. The molecule has 0 amide bonds. The summed E-state index contributed by atoms with van der Waals surface area (Å²) in [4.78, 5) is 29.7. The Labute approximate surface area is 158 Å². The van der Waals surface area contributed by atoms with E-state index in [2.05, 4.69) is 4.98 Å². The van der Waals surface area contributed by atoms with Crippen LogP contribution in [0.25, 0.3) is 11.1 Å². The van der Waals surface area contributed by atoms with E-state index in [4.69, 9.17) is 15.2 Å². The van der Waals surface area contributed by atoms with Crippen LogP contribution in [-0.2, 0) is 9.47 Å². The van der Waals surface area contributed by atoms with Gasteiger partial charge in [0.25, 0.3) is 0 Å². The highest BCUT2D eigenvalue weighted by Gasteiger charge is 2.30. The van der Waals surface area contributed by atoms with Crippen molar-refractivity contribution in [3.63, 3.8) is 0 Å². The maximum Gasteiger partial charge on any atom is 0.341 e. The Morgan fingerprint density at radius 1 is 1.15 bits per heavy atom. The van der Waals surface area contributed by atoms with Crippen molar-refractivity contribution in [2.24, 2.45) is 0 Å². The molecule has 0 fully saturated rings. The van der Waals surface area contributed by atoms with E-state index in [0.717, 1.165) is 0 Å². The summed E-state index contributed by atoms with van der Waals surface area (Å²) in [5, 5.41) is 9.42. The van der Waals surface area contributed by atoms with Crippen LogP contribution < -0.4 is 5.73 Å². The second-order valence-electron chi connectivity index (χ2n) is 6.83. The molecule has 0 bridgehead atoms. The molecule has 0 spiro atoms. The van der Waals surface area contributed by atoms with Gasteiger partial charge in [0.05, 0.1) is 36.2 Å². The van der Waals surface area contributed by atoms with Gasteiger partial charge in [-0.3, -0.25) is 4.98 Å². The van der Waals surface area contributed by atoms with Crippen molar-refractivity contribution in [3.8, 4) is 11.1 Å². The number of methoxy groups -OCH3 is 1. The van der Waals surface area contributed by atoms with Crippen molar-refractivity contribution >= 4 is 17.6 Å². The summed E-state index contributed by atoms with van der Waals surface area (Å²) in [5.74, 6) is -1.31. The van der Waals surface area contributed by atoms with E-state index in [1.807, 2.05) is 0 Å². The van der Waals surface area contributed by atoms with Crippen LogP contribution in [-0.4, -0.2) is 41.3 Å². The van der Waals surface area contributed by atoms with Crippen molar-refractivity contribution < 1.29 is 24.2 Å². The summed E-state index contributed by atoms with van der Waals surface area (Å²) < 4.78 is 10.3. The number of rotatable bonds is 5. The molecule has 1 heterocycles. The monoisotopic (exact) mass is 372 g/mol. The summed E-state index contributed by atoms with van der Waals surface area (Å²) in [6.45, 7) is 6.15. The molecule has 1 aromatic carbocycles. The Hall–Kier alpha value is -2.93. The lowest BCUT2D eigenvalue weighted by Gasteiger charge is -2.24. The molecule has 0 aliphatic carbocycles. The SMILES string of the molecule is COC(=O)c1c(C)nc(C)c(C(=O)OC(C)(C)CO)c1-c1cccc(N)c1. The summed E-state index contributed by atoms with van der Waals surface area (Å²) in [5.41, 5.74) is 7.33. The molecular formula is C20H24N2O5. The molecule has 0 aliphatic heterocycles. The van der Waals surface area contributed by atoms with Crippen molar-refractivity contribution in [2.45, 2.75) is 33.3 Å². The number of carbonyl (C=O) groups is 2. The van der Waals surface area contributed by atoms with Gasteiger partial charge >= 0.3 is 11.9 Å². The van der Waals surface area contributed by atoms with Crippen molar-refractivity contribution in [1.82, 2.24) is 4.98 Å². The maximum absolute atomic E-state index is 12.9. The number of hydrogen-bond donors (Lipinski definition) is 2. The van der Waals surface area contributed by atoms with Crippen LogP contribution in [0.4, 0.5) is 5.69 Å². The molecule has 0 unspecified atom stereocenters. The minimum Gasteiger partial charge on any atom is -0.465 e. The fourth-order valence-electron chi connectivity index (χ4n) is 2.77. The molecule has 0 aliphatic rings. The van der Waals surface area contributed by atoms with E-state index < -0.39 is 17.5 Å². The number of hydrogen-bond acceptors (Lipinski definition) is 7. The van der Waals surface area contributed by atoms with E-state index in [-0.39, 0.29) is 17.7 Å². The Bertz CT molecular complexity index is 890. The van der Waals surface area contributed by atoms with Crippen LogP contribution >= 0.6 is 0 Å². The van der Waals surface area contributed by atoms with E-state index in [1.54, 1.807) is 52.0 Å². The number of aliphatic hydroxyl groups is 1. The topological polar surface area (TPSA) is 112 Å². The number of nitrogens with two attached hydrogens (primary N) is 1. The summed E-state index contributed by atoms with van der Waals surface area (Å²) in [6, 6.07) is 6.83. The first-order chi connectivity index (χ1) is 12.6. The van der Waals surface area contributed by atoms with Crippen LogP contribution in [0.2, 0.25) is 0 Å². The molecular weight excluding hydrogens is 348 g/mol. The largest absolute Gasteiger partial charge is 0.465 e. The van der Waals surface area contributed by atoms with Gasteiger partial charge in [0.1, 0.15) is 5.60 Å². The van der Waals surface area contributed by atoms with E-state index in [0.29, 0.717) is 28.2 Å². The van der Waals surface area contributed by atoms with E-state index in [1.165, 1.54) is 7.11 Å². The maximum atomic E-state index is 12.9. The van der Waals surface area contributed by atoms with Crippen LogP contribution in [0.1, 0.15) is 46.0 Å². The summed E-state index contributed by atoms with van der Waals surface area (Å²) >= 11 is 0. The van der Waals surface area contributed by atoms with Crippen LogP contribution in [0, 0.1) is 13.8 Å². The Balaban J connectivity index is 2.83. The lowest BCUT2D eigenvalue weighted by atomic mass is 9.92. The molecule has 0 radical (unpaired) electrons. The second kappa shape index (κ2) is 7.75. The third-order valence-corrected chi connectivity index (χ3v) is 4.08. The number of nitrogen functional groups attached to an aromatic ring is 1.